The van der Waals surface area contributed by atoms with E-state index in [1.807, 2.05) is 4.72 Å². The fourth-order valence-electron chi connectivity index (χ4n) is 2.01. The van der Waals surface area contributed by atoms with Crippen LogP contribution in [0, 0.1) is 5.82 Å². The van der Waals surface area contributed by atoms with Crippen molar-refractivity contribution >= 4 is 15.8 Å². The minimum Gasteiger partial charge on any atom is -0.295 e. The molecule has 2 aromatic rings. The zero-order valence-electron chi connectivity index (χ0n) is 12.9. The number of rotatable bonds is 5. The van der Waals surface area contributed by atoms with E-state index in [0.717, 1.165) is 0 Å². The third-order valence-corrected chi connectivity index (χ3v) is 4.81. The summed E-state index contributed by atoms with van der Waals surface area (Å²) >= 11 is 0. The third-order valence-electron chi connectivity index (χ3n) is 3.40. The van der Waals surface area contributed by atoms with E-state index in [0.29, 0.717) is 23.8 Å². The highest BCUT2D eigenvalue weighted by molar-refractivity contribution is 7.89. The lowest BCUT2D eigenvalue weighted by Crippen LogP contribution is -2.24. The van der Waals surface area contributed by atoms with E-state index in [1.165, 1.54) is 31.2 Å². The summed E-state index contributed by atoms with van der Waals surface area (Å²) in [5.41, 5.74) is -1.20. The van der Waals surface area contributed by atoms with Crippen LogP contribution in [0.5, 0.6) is 0 Å². The van der Waals surface area contributed by atoms with Crippen molar-refractivity contribution in [2.45, 2.75) is 24.5 Å². The van der Waals surface area contributed by atoms with Gasteiger partial charge in [-0.3, -0.25) is 4.79 Å². The Bertz CT molecular complexity index is 891. The second-order valence-corrected chi connectivity index (χ2v) is 6.98. The Balaban J connectivity index is 2.21. The monoisotopic (exact) mass is 375 g/mol. The number of benzene rings is 2. The van der Waals surface area contributed by atoms with Gasteiger partial charge < -0.3 is 0 Å². The second kappa shape index (κ2) is 6.93. The van der Waals surface area contributed by atoms with E-state index in [9.17, 15) is 30.8 Å². The number of halogens is 4. The van der Waals surface area contributed by atoms with Gasteiger partial charge in [-0.1, -0.05) is 12.1 Å². The fourth-order valence-corrected chi connectivity index (χ4v) is 3.02. The first kappa shape index (κ1) is 19.1. The number of ketones is 1. The minimum atomic E-state index is -4.66. The van der Waals surface area contributed by atoms with Crippen LogP contribution in [0.3, 0.4) is 0 Å². The quantitative estimate of drug-likeness (QED) is 0.642. The summed E-state index contributed by atoms with van der Waals surface area (Å²) in [5, 5.41) is 0. The van der Waals surface area contributed by atoms with Gasteiger partial charge in [0.2, 0.25) is 10.0 Å². The van der Waals surface area contributed by atoms with Crippen LogP contribution < -0.4 is 4.72 Å². The van der Waals surface area contributed by atoms with Crippen molar-refractivity contribution in [1.82, 2.24) is 4.72 Å². The zero-order chi connectivity index (χ0) is 18.8. The number of sulfonamides is 1. The fraction of sp³-hybridized carbons (Fsp3) is 0.188. The molecule has 0 aliphatic heterocycles. The molecule has 2 aromatic carbocycles. The molecule has 0 unspecified atom stereocenters. The standard InChI is InChI=1S/C16H13F4NO3S/c1-10(22)11-2-5-14(6-3-11)25(23,24)21-9-12-8-13(16(18,19)20)4-7-15(12)17/h2-8,21H,9H2,1H3. The van der Waals surface area contributed by atoms with Crippen LogP contribution in [0.1, 0.15) is 28.4 Å². The van der Waals surface area contributed by atoms with Crippen molar-refractivity contribution in [1.29, 1.82) is 0 Å². The van der Waals surface area contributed by atoms with Gasteiger partial charge in [-0.15, -0.1) is 0 Å². The zero-order valence-corrected chi connectivity index (χ0v) is 13.7. The first-order valence-corrected chi connectivity index (χ1v) is 8.45. The second-order valence-electron chi connectivity index (χ2n) is 5.21. The predicted molar refractivity (Wildman–Crippen MR) is 81.9 cm³/mol. The number of nitrogens with one attached hydrogen (secondary N) is 1. The first-order valence-electron chi connectivity index (χ1n) is 6.97. The van der Waals surface area contributed by atoms with Gasteiger partial charge in [-0.05, 0) is 37.3 Å². The average molecular weight is 375 g/mol. The largest absolute Gasteiger partial charge is 0.416 e. The average Bonchev–Trinajstić information content (AvgIpc) is 2.53. The van der Waals surface area contributed by atoms with Crippen LogP contribution in [0.25, 0.3) is 0 Å². The Labute approximate surface area is 141 Å². The molecule has 134 valence electrons. The van der Waals surface area contributed by atoms with Gasteiger partial charge in [0.25, 0.3) is 0 Å². The topological polar surface area (TPSA) is 63.2 Å². The summed E-state index contributed by atoms with van der Waals surface area (Å²) in [6.45, 7) is 0.671. The maximum absolute atomic E-state index is 13.6. The van der Waals surface area contributed by atoms with Crippen molar-refractivity contribution in [3.8, 4) is 0 Å². The Kier molecular flexibility index (Phi) is 5.28. The van der Waals surface area contributed by atoms with E-state index in [1.54, 1.807) is 0 Å². The van der Waals surface area contributed by atoms with E-state index >= 15 is 0 Å². The summed E-state index contributed by atoms with van der Waals surface area (Å²) in [6.07, 6.45) is -4.66. The summed E-state index contributed by atoms with van der Waals surface area (Å²) < 4.78 is 77.9. The maximum Gasteiger partial charge on any atom is 0.416 e. The third kappa shape index (κ3) is 4.64. The number of alkyl halides is 3. The Morgan fingerprint density at radius 3 is 2.20 bits per heavy atom. The van der Waals surface area contributed by atoms with Crippen LogP contribution in [0.15, 0.2) is 47.4 Å². The van der Waals surface area contributed by atoms with Gasteiger partial charge in [-0.2, -0.15) is 13.2 Å². The molecule has 0 heterocycles. The van der Waals surface area contributed by atoms with Gasteiger partial charge in [0, 0.05) is 17.7 Å². The number of hydrogen-bond acceptors (Lipinski definition) is 3. The molecule has 0 aliphatic rings. The van der Waals surface area contributed by atoms with Crippen molar-refractivity contribution in [3.05, 3.63) is 65.0 Å². The van der Waals surface area contributed by atoms with Gasteiger partial charge in [0.15, 0.2) is 5.78 Å². The lowest BCUT2D eigenvalue weighted by molar-refractivity contribution is -0.137. The molecule has 0 bridgehead atoms. The van der Waals surface area contributed by atoms with E-state index in [2.05, 4.69) is 0 Å². The maximum atomic E-state index is 13.6. The van der Waals surface area contributed by atoms with Crippen molar-refractivity contribution < 1.29 is 30.8 Å². The SMILES string of the molecule is CC(=O)c1ccc(S(=O)(=O)NCc2cc(C(F)(F)F)ccc2F)cc1. The lowest BCUT2D eigenvalue weighted by Gasteiger charge is -2.11. The molecule has 0 aromatic heterocycles. The van der Waals surface area contributed by atoms with E-state index < -0.39 is 39.7 Å². The molecule has 0 amide bonds. The highest BCUT2D eigenvalue weighted by Gasteiger charge is 2.31. The minimum absolute atomic E-state index is 0.190. The number of Topliss-reactive ketones (excluding diaryl/α,β-unsaturated/α-hetero) is 1. The van der Waals surface area contributed by atoms with Crippen LogP contribution in [-0.2, 0) is 22.7 Å². The molecule has 1 N–H and O–H groups in total. The molecule has 0 radical (unpaired) electrons. The molecule has 0 fully saturated rings. The highest BCUT2D eigenvalue weighted by atomic mass is 32.2. The molecule has 0 saturated carbocycles. The van der Waals surface area contributed by atoms with Gasteiger partial charge >= 0.3 is 6.18 Å². The molecular formula is C16H13F4NO3S. The normalized spacial score (nSPS) is 12.2. The van der Waals surface area contributed by atoms with Gasteiger partial charge in [0.1, 0.15) is 5.82 Å². The molecule has 2 rings (SSSR count). The van der Waals surface area contributed by atoms with Gasteiger partial charge in [-0.25, -0.2) is 17.5 Å². The summed E-state index contributed by atoms with van der Waals surface area (Å²) in [7, 11) is -4.08. The van der Waals surface area contributed by atoms with Gasteiger partial charge in [0.05, 0.1) is 10.5 Å². The highest BCUT2D eigenvalue weighted by Crippen LogP contribution is 2.30. The van der Waals surface area contributed by atoms with E-state index in [4.69, 9.17) is 0 Å². The van der Waals surface area contributed by atoms with Crippen LogP contribution in [0.2, 0.25) is 0 Å². The summed E-state index contributed by atoms with van der Waals surface area (Å²) in [4.78, 5) is 11.0. The smallest absolute Gasteiger partial charge is 0.295 e. The molecule has 0 saturated heterocycles. The van der Waals surface area contributed by atoms with Crippen LogP contribution in [0.4, 0.5) is 17.6 Å². The van der Waals surface area contributed by atoms with Crippen molar-refractivity contribution in [2.75, 3.05) is 0 Å². The Morgan fingerprint density at radius 2 is 1.68 bits per heavy atom. The summed E-state index contributed by atoms with van der Waals surface area (Å²) in [6, 6.07) is 6.74. The lowest BCUT2D eigenvalue weighted by atomic mass is 10.1. The number of carbonyl (C=O) groups is 1. The molecular weight excluding hydrogens is 362 g/mol. The predicted octanol–water partition coefficient (Wildman–Crippen LogP) is 3.53. The summed E-state index contributed by atoms with van der Waals surface area (Å²) in [5.74, 6) is -1.20. The molecule has 0 aliphatic carbocycles. The number of carbonyl (C=O) groups excluding carboxylic acids is 1. The molecule has 4 nitrogen and oxygen atoms in total. The molecule has 9 heteroatoms. The van der Waals surface area contributed by atoms with Crippen LogP contribution >= 0.6 is 0 Å². The first-order chi connectivity index (χ1) is 11.5. The molecule has 25 heavy (non-hydrogen) atoms. The Hall–Kier alpha value is -2.26. The van der Waals surface area contributed by atoms with Crippen molar-refractivity contribution in [3.63, 3.8) is 0 Å². The number of hydrogen-bond donors (Lipinski definition) is 1. The van der Waals surface area contributed by atoms with Crippen molar-refractivity contribution in [2.24, 2.45) is 0 Å². The molecule has 0 atom stereocenters. The van der Waals surface area contributed by atoms with E-state index in [-0.39, 0.29) is 10.7 Å². The van der Waals surface area contributed by atoms with Crippen LogP contribution in [-0.4, -0.2) is 14.2 Å². The Morgan fingerprint density at radius 1 is 1.08 bits per heavy atom. The molecule has 0 spiro atoms.